The summed E-state index contributed by atoms with van der Waals surface area (Å²) in [4.78, 5) is 11.2. The van der Waals surface area contributed by atoms with Gasteiger partial charge in [0.1, 0.15) is 12.4 Å². The minimum atomic E-state index is -0.827. The molecule has 0 unspecified atom stereocenters. The van der Waals surface area contributed by atoms with Gasteiger partial charge in [0, 0.05) is 0 Å². The summed E-state index contributed by atoms with van der Waals surface area (Å²) in [6, 6.07) is 14.5. The van der Waals surface area contributed by atoms with Crippen LogP contribution in [0, 0.1) is 0 Å². The van der Waals surface area contributed by atoms with Crippen LogP contribution in [0.15, 0.2) is 48.5 Å². The number of ether oxygens (including phenoxy) is 1. The molecule has 0 radical (unpaired) electrons. The highest BCUT2D eigenvalue weighted by Gasteiger charge is 2.27. The van der Waals surface area contributed by atoms with Gasteiger partial charge in [-0.2, -0.15) is 5.06 Å². The van der Waals surface area contributed by atoms with Crippen molar-refractivity contribution in [2.75, 3.05) is 0 Å². The molecule has 1 atom stereocenters. The SMILES string of the molecule is NC(=O)N(O)[C@H]1CCCc2cc(OCc3ccccc3)ccc21. The highest BCUT2D eigenvalue weighted by Crippen LogP contribution is 2.35. The van der Waals surface area contributed by atoms with Gasteiger partial charge in [-0.25, -0.2) is 4.79 Å². The lowest BCUT2D eigenvalue weighted by molar-refractivity contribution is -0.0808. The van der Waals surface area contributed by atoms with E-state index in [1.54, 1.807) is 0 Å². The number of nitrogens with two attached hydrogens (primary N) is 1. The van der Waals surface area contributed by atoms with Crippen LogP contribution in [0.1, 0.15) is 35.6 Å². The summed E-state index contributed by atoms with van der Waals surface area (Å²) in [6.45, 7) is 0.510. The van der Waals surface area contributed by atoms with E-state index >= 15 is 0 Å². The summed E-state index contributed by atoms with van der Waals surface area (Å²) in [6.07, 6.45) is 2.50. The van der Waals surface area contributed by atoms with Crippen LogP contribution in [-0.4, -0.2) is 16.3 Å². The van der Waals surface area contributed by atoms with Crippen molar-refractivity contribution < 1.29 is 14.7 Å². The number of hydroxylamine groups is 2. The van der Waals surface area contributed by atoms with Gasteiger partial charge in [0.05, 0.1) is 6.04 Å². The zero-order valence-corrected chi connectivity index (χ0v) is 12.8. The Morgan fingerprint density at radius 1 is 1.26 bits per heavy atom. The Kier molecular flexibility index (Phi) is 4.48. The molecule has 0 saturated heterocycles. The fraction of sp³-hybridized carbons (Fsp3) is 0.278. The van der Waals surface area contributed by atoms with E-state index in [9.17, 15) is 10.0 Å². The van der Waals surface area contributed by atoms with Crippen LogP contribution in [-0.2, 0) is 13.0 Å². The van der Waals surface area contributed by atoms with Crippen LogP contribution in [0.25, 0.3) is 0 Å². The topological polar surface area (TPSA) is 75.8 Å². The minimum absolute atomic E-state index is 0.376. The molecule has 2 aromatic rings. The maximum atomic E-state index is 11.2. The Morgan fingerprint density at radius 2 is 2.04 bits per heavy atom. The monoisotopic (exact) mass is 312 g/mol. The maximum Gasteiger partial charge on any atom is 0.339 e. The number of hydrogen-bond acceptors (Lipinski definition) is 3. The third kappa shape index (κ3) is 3.46. The average Bonchev–Trinajstić information content (AvgIpc) is 2.59. The molecule has 0 bridgehead atoms. The molecule has 120 valence electrons. The van der Waals surface area contributed by atoms with Crippen LogP contribution in [0.4, 0.5) is 4.79 Å². The van der Waals surface area contributed by atoms with Crippen molar-refractivity contribution in [2.45, 2.75) is 31.9 Å². The van der Waals surface area contributed by atoms with Gasteiger partial charge >= 0.3 is 6.03 Å². The molecule has 0 saturated carbocycles. The summed E-state index contributed by atoms with van der Waals surface area (Å²) in [7, 11) is 0. The number of amides is 2. The first kappa shape index (κ1) is 15.4. The number of benzene rings is 2. The van der Waals surface area contributed by atoms with Crippen molar-refractivity contribution in [3.63, 3.8) is 0 Å². The molecule has 2 amide bonds. The first-order valence-corrected chi connectivity index (χ1v) is 7.72. The number of hydrogen-bond donors (Lipinski definition) is 2. The van der Waals surface area contributed by atoms with Crippen LogP contribution in [0.2, 0.25) is 0 Å². The van der Waals surface area contributed by atoms with Gasteiger partial charge in [-0.05, 0) is 48.1 Å². The van der Waals surface area contributed by atoms with Gasteiger partial charge in [0.25, 0.3) is 0 Å². The third-order valence-corrected chi connectivity index (χ3v) is 4.17. The number of carbonyl (C=O) groups excluding carboxylic acids is 1. The van der Waals surface area contributed by atoms with E-state index in [0.29, 0.717) is 18.1 Å². The second kappa shape index (κ2) is 6.71. The van der Waals surface area contributed by atoms with Crippen molar-refractivity contribution in [2.24, 2.45) is 5.73 Å². The molecule has 3 rings (SSSR count). The fourth-order valence-electron chi connectivity index (χ4n) is 3.00. The number of fused-ring (bicyclic) bond motifs is 1. The molecule has 0 fully saturated rings. The highest BCUT2D eigenvalue weighted by molar-refractivity contribution is 5.71. The lowest BCUT2D eigenvalue weighted by Gasteiger charge is -2.30. The van der Waals surface area contributed by atoms with Crippen LogP contribution in [0.3, 0.4) is 0 Å². The van der Waals surface area contributed by atoms with Crippen LogP contribution in [0.5, 0.6) is 5.75 Å². The number of aryl methyl sites for hydroxylation is 1. The molecule has 5 nitrogen and oxygen atoms in total. The molecular formula is C18H20N2O3. The van der Waals surface area contributed by atoms with E-state index in [4.69, 9.17) is 10.5 Å². The quantitative estimate of drug-likeness (QED) is 0.671. The second-order valence-corrected chi connectivity index (χ2v) is 5.73. The van der Waals surface area contributed by atoms with Crippen molar-refractivity contribution in [1.82, 2.24) is 5.06 Å². The van der Waals surface area contributed by atoms with E-state index in [2.05, 4.69) is 0 Å². The van der Waals surface area contributed by atoms with Crippen LogP contribution >= 0.6 is 0 Å². The zero-order chi connectivity index (χ0) is 16.2. The summed E-state index contributed by atoms with van der Waals surface area (Å²) in [5.74, 6) is 0.789. The summed E-state index contributed by atoms with van der Waals surface area (Å²) in [5.41, 5.74) is 8.31. The third-order valence-electron chi connectivity index (χ3n) is 4.17. The molecule has 5 heteroatoms. The number of carbonyl (C=O) groups is 1. The number of primary amides is 1. The lowest BCUT2D eigenvalue weighted by Crippen LogP contribution is -2.37. The first-order valence-electron chi connectivity index (χ1n) is 7.72. The fourth-order valence-corrected chi connectivity index (χ4v) is 3.00. The standard InChI is InChI=1S/C18H20N2O3/c19-18(21)20(22)17-8-4-7-14-11-15(9-10-16(14)17)23-12-13-5-2-1-3-6-13/h1-3,5-6,9-11,17,22H,4,7-8,12H2,(H2,19,21)/t17-/m0/s1. The summed E-state index contributed by atoms with van der Waals surface area (Å²) in [5, 5.41) is 10.5. The molecule has 3 N–H and O–H groups in total. The predicted octanol–water partition coefficient (Wildman–Crippen LogP) is 3.41. The number of urea groups is 1. The van der Waals surface area contributed by atoms with Gasteiger partial charge in [-0.15, -0.1) is 0 Å². The van der Waals surface area contributed by atoms with Gasteiger partial charge in [0.15, 0.2) is 0 Å². The molecule has 1 aliphatic rings. The Morgan fingerprint density at radius 3 is 2.78 bits per heavy atom. The highest BCUT2D eigenvalue weighted by atomic mass is 16.5. The number of nitrogens with zero attached hydrogens (tertiary/aromatic N) is 1. The van der Waals surface area contributed by atoms with E-state index in [-0.39, 0.29) is 6.04 Å². The molecule has 1 aliphatic carbocycles. The smallest absolute Gasteiger partial charge is 0.339 e. The molecule has 2 aromatic carbocycles. The van der Waals surface area contributed by atoms with Crippen LogP contribution < -0.4 is 10.5 Å². The average molecular weight is 312 g/mol. The van der Waals surface area contributed by atoms with Crippen molar-refractivity contribution in [3.8, 4) is 5.75 Å². The van der Waals surface area contributed by atoms with Gasteiger partial charge in [0.2, 0.25) is 0 Å². The molecule has 0 spiro atoms. The largest absolute Gasteiger partial charge is 0.489 e. The molecular weight excluding hydrogens is 292 g/mol. The summed E-state index contributed by atoms with van der Waals surface area (Å²) >= 11 is 0. The normalized spacial score (nSPS) is 16.5. The summed E-state index contributed by atoms with van der Waals surface area (Å²) < 4.78 is 5.83. The Bertz CT molecular complexity index is 688. The minimum Gasteiger partial charge on any atom is -0.489 e. The Balaban J connectivity index is 1.75. The van der Waals surface area contributed by atoms with E-state index in [1.165, 1.54) is 0 Å². The molecule has 23 heavy (non-hydrogen) atoms. The lowest BCUT2D eigenvalue weighted by atomic mass is 9.87. The van der Waals surface area contributed by atoms with E-state index < -0.39 is 6.03 Å². The Labute approximate surface area is 135 Å². The molecule has 0 aromatic heterocycles. The first-order chi connectivity index (χ1) is 11.1. The predicted molar refractivity (Wildman–Crippen MR) is 86.1 cm³/mol. The van der Waals surface area contributed by atoms with Crippen molar-refractivity contribution in [1.29, 1.82) is 0 Å². The van der Waals surface area contributed by atoms with Gasteiger partial charge in [-0.1, -0.05) is 36.4 Å². The van der Waals surface area contributed by atoms with Gasteiger partial charge < -0.3 is 10.5 Å². The van der Waals surface area contributed by atoms with Crippen molar-refractivity contribution in [3.05, 3.63) is 65.2 Å². The van der Waals surface area contributed by atoms with E-state index in [0.717, 1.165) is 35.3 Å². The second-order valence-electron chi connectivity index (χ2n) is 5.73. The molecule has 0 heterocycles. The van der Waals surface area contributed by atoms with Gasteiger partial charge in [-0.3, -0.25) is 5.21 Å². The van der Waals surface area contributed by atoms with Crippen molar-refractivity contribution >= 4 is 6.03 Å². The zero-order valence-electron chi connectivity index (χ0n) is 12.8. The molecule has 0 aliphatic heterocycles. The number of rotatable bonds is 4. The Hall–Kier alpha value is -2.53. The van der Waals surface area contributed by atoms with E-state index in [1.807, 2.05) is 48.5 Å². The maximum absolute atomic E-state index is 11.2.